The molecule has 1 rings (SSSR count). The van der Waals surface area contributed by atoms with Gasteiger partial charge in [-0.3, -0.25) is 4.79 Å². The summed E-state index contributed by atoms with van der Waals surface area (Å²) in [6.07, 6.45) is 5.84. The zero-order valence-corrected chi connectivity index (χ0v) is 19.9. The molecule has 4 nitrogen and oxygen atoms in total. The highest BCUT2D eigenvalue weighted by Crippen LogP contribution is 2.34. The first-order valence-corrected chi connectivity index (χ1v) is 11.3. The number of quaternary nitrogens is 1. The predicted octanol–water partition coefficient (Wildman–Crippen LogP) is 5.52. The van der Waals surface area contributed by atoms with Crippen molar-refractivity contribution >= 4 is 5.97 Å². The molecular formula is C25H44NO3+. The molecule has 0 aliphatic heterocycles. The number of unbranched alkanes of at least 4 members (excludes halogenated alkanes) is 2. The second kappa shape index (κ2) is 11.6. The number of aromatic hydroxyl groups is 1. The Kier molecular flexibility index (Phi) is 10.2. The fourth-order valence-electron chi connectivity index (χ4n) is 3.68. The molecule has 4 heteroatoms. The van der Waals surface area contributed by atoms with E-state index in [4.69, 9.17) is 4.74 Å². The second-order valence-electron chi connectivity index (χ2n) is 9.78. The molecule has 29 heavy (non-hydrogen) atoms. The minimum absolute atomic E-state index is 0.134. The second-order valence-corrected chi connectivity index (χ2v) is 9.78. The minimum atomic E-state index is -0.134. The number of aryl methyl sites for hydroxylation is 2. The van der Waals surface area contributed by atoms with E-state index in [1.54, 1.807) is 0 Å². The molecule has 0 fully saturated rings. The summed E-state index contributed by atoms with van der Waals surface area (Å²) in [5.41, 5.74) is 2.74. The van der Waals surface area contributed by atoms with E-state index in [-0.39, 0.29) is 11.4 Å². The van der Waals surface area contributed by atoms with Crippen LogP contribution in [0.5, 0.6) is 5.75 Å². The van der Waals surface area contributed by atoms with Gasteiger partial charge in [0.25, 0.3) is 0 Å². The van der Waals surface area contributed by atoms with Crippen molar-refractivity contribution in [2.24, 2.45) is 0 Å². The van der Waals surface area contributed by atoms with Crippen LogP contribution >= 0.6 is 0 Å². The first kappa shape index (κ1) is 25.5. The summed E-state index contributed by atoms with van der Waals surface area (Å²) in [6, 6.07) is 4.00. The standard InChI is InChI=1S/C25H43NO3/c1-8-10-14-26(7,15-11-9-2)16-17-29-23(27)13-12-21-18-20(3)24(28)22(19-21)25(4,5)6/h18-19H,8-17H2,1-7H3/p+1. The highest BCUT2D eigenvalue weighted by molar-refractivity contribution is 5.69. The number of esters is 1. The highest BCUT2D eigenvalue weighted by Gasteiger charge is 2.22. The van der Waals surface area contributed by atoms with Crippen molar-refractivity contribution in [3.8, 4) is 5.75 Å². The van der Waals surface area contributed by atoms with Gasteiger partial charge in [-0.15, -0.1) is 0 Å². The summed E-state index contributed by atoms with van der Waals surface area (Å²) in [5.74, 6) is 0.227. The number of hydrogen-bond acceptors (Lipinski definition) is 3. The summed E-state index contributed by atoms with van der Waals surface area (Å²) in [5, 5.41) is 10.4. The van der Waals surface area contributed by atoms with Gasteiger partial charge in [-0.25, -0.2) is 0 Å². The third kappa shape index (κ3) is 8.77. The number of carbonyl (C=O) groups is 1. The molecule has 0 heterocycles. The van der Waals surface area contributed by atoms with Crippen LogP contribution in [-0.4, -0.2) is 48.8 Å². The number of nitrogens with zero attached hydrogens (tertiary/aromatic N) is 1. The molecule has 0 spiro atoms. The number of ether oxygens (including phenoxy) is 1. The summed E-state index contributed by atoms with van der Waals surface area (Å²) in [4.78, 5) is 12.3. The van der Waals surface area contributed by atoms with Crippen molar-refractivity contribution in [1.82, 2.24) is 0 Å². The normalized spacial score (nSPS) is 12.2. The predicted molar refractivity (Wildman–Crippen MR) is 121 cm³/mol. The van der Waals surface area contributed by atoms with E-state index in [2.05, 4.69) is 41.7 Å². The first-order chi connectivity index (χ1) is 13.5. The molecule has 1 N–H and O–H groups in total. The van der Waals surface area contributed by atoms with Gasteiger partial charge in [-0.1, -0.05) is 59.6 Å². The van der Waals surface area contributed by atoms with Crippen LogP contribution in [0.15, 0.2) is 12.1 Å². The maximum atomic E-state index is 12.3. The quantitative estimate of drug-likeness (QED) is 0.367. The van der Waals surface area contributed by atoms with Gasteiger partial charge in [-0.05, 0) is 48.3 Å². The zero-order chi connectivity index (χ0) is 22.1. The maximum absolute atomic E-state index is 12.3. The molecule has 0 atom stereocenters. The lowest BCUT2D eigenvalue weighted by Crippen LogP contribution is -2.48. The average Bonchev–Trinajstić information content (AvgIpc) is 2.64. The van der Waals surface area contributed by atoms with Gasteiger partial charge in [0.2, 0.25) is 0 Å². The van der Waals surface area contributed by atoms with Gasteiger partial charge in [0.1, 0.15) is 18.9 Å². The Morgan fingerprint density at radius 3 is 2.17 bits per heavy atom. The molecule has 0 saturated heterocycles. The van der Waals surface area contributed by atoms with Crippen LogP contribution in [0, 0.1) is 6.92 Å². The van der Waals surface area contributed by atoms with E-state index in [9.17, 15) is 9.90 Å². The van der Waals surface area contributed by atoms with Gasteiger partial charge in [-0.2, -0.15) is 0 Å². The van der Waals surface area contributed by atoms with Gasteiger partial charge in [0.05, 0.1) is 20.1 Å². The summed E-state index contributed by atoms with van der Waals surface area (Å²) in [6.45, 7) is 16.3. The van der Waals surface area contributed by atoms with E-state index in [1.165, 1.54) is 25.7 Å². The molecule has 0 amide bonds. The number of benzene rings is 1. The van der Waals surface area contributed by atoms with Crippen LogP contribution < -0.4 is 0 Å². The molecule has 0 saturated carbocycles. The lowest BCUT2D eigenvalue weighted by molar-refractivity contribution is -0.910. The largest absolute Gasteiger partial charge is 0.507 e. The third-order valence-corrected chi connectivity index (χ3v) is 5.78. The Labute approximate surface area is 178 Å². The van der Waals surface area contributed by atoms with E-state index in [0.29, 0.717) is 25.2 Å². The fraction of sp³-hybridized carbons (Fsp3) is 0.720. The van der Waals surface area contributed by atoms with Crippen molar-refractivity contribution in [1.29, 1.82) is 0 Å². The molecule has 0 aromatic heterocycles. The molecule has 0 aliphatic rings. The number of rotatable bonds is 12. The van der Waals surface area contributed by atoms with Crippen molar-refractivity contribution in [3.05, 3.63) is 28.8 Å². The lowest BCUT2D eigenvalue weighted by Gasteiger charge is -2.34. The van der Waals surface area contributed by atoms with Gasteiger partial charge < -0.3 is 14.3 Å². The van der Waals surface area contributed by atoms with Crippen molar-refractivity contribution in [3.63, 3.8) is 0 Å². The molecule has 0 bridgehead atoms. The van der Waals surface area contributed by atoms with Crippen LogP contribution in [0.1, 0.15) is 83.4 Å². The van der Waals surface area contributed by atoms with E-state index >= 15 is 0 Å². The van der Waals surface area contributed by atoms with E-state index < -0.39 is 0 Å². The Morgan fingerprint density at radius 1 is 1.07 bits per heavy atom. The molecule has 1 aromatic carbocycles. The SMILES string of the molecule is CCCC[N+](C)(CCCC)CCOC(=O)CCc1cc(C)c(O)c(C(C)(C)C)c1. The number of carbonyl (C=O) groups excluding carboxylic acids is 1. The van der Waals surface area contributed by atoms with Crippen molar-refractivity contribution in [2.45, 2.75) is 85.5 Å². The van der Waals surface area contributed by atoms with Crippen molar-refractivity contribution < 1.29 is 19.1 Å². The van der Waals surface area contributed by atoms with Crippen LogP contribution in [0.3, 0.4) is 0 Å². The summed E-state index contributed by atoms with van der Waals surface area (Å²) < 4.78 is 6.55. The van der Waals surface area contributed by atoms with Crippen molar-refractivity contribution in [2.75, 3.05) is 33.3 Å². The average molecular weight is 407 g/mol. The van der Waals surface area contributed by atoms with Crippen LogP contribution in [-0.2, 0) is 21.4 Å². The zero-order valence-electron chi connectivity index (χ0n) is 19.9. The Bertz CT molecular complexity index is 638. The number of phenolic OH excluding ortho intramolecular Hbond substituents is 1. The summed E-state index contributed by atoms with van der Waals surface area (Å²) in [7, 11) is 2.28. The highest BCUT2D eigenvalue weighted by atomic mass is 16.5. The number of hydrogen-bond donors (Lipinski definition) is 1. The van der Waals surface area contributed by atoms with Crippen LogP contribution in [0.4, 0.5) is 0 Å². The molecule has 0 radical (unpaired) electrons. The molecule has 0 aliphatic carbocycles. The van der Waals surface area contributed by atoms with Crippen LogP contribution in [0.25, 0.3) is 0 Å². The summed E-state index contributed by atoms with van der Waals surface area (Å²) >= 11 is 0. The molecular weight excluding hydrogens is 362 g/mol. The molecule has 166 valence electrons. The Morgan fingerprint density at radius 2 is 1.66 bits per heavy atom. The monoisotopic (exact) mass is 406 g/mol. The minimum Gasteiger partial charge on any atom is -0.507 e. The smallest absolute Gasteiger partial charge is 0.306 e. The van der Waals surface area contributed by atoms with E-state index in [1.807, 2.05) is 19.1 Å². The molecule has 0 unspecified atom stereocenters. The lowest BCUT2D eigenvalue weighted by atomic mass is 9.83. The topological polar surface area (TPSA) is 46.5 Å². The van der Waals surface area contributed by atoms with Crippen LogP contribution in [0.2, 0.25) is 0 Å². The number of likely N-dealkylation sites (N-methyl/N-ethyl adjacent to an activating group) is 1. The van der Waals surface area contributed by atoms with Gasteiger partial charge in [0.15, 0.2) is 0 Å². The Hall–Kier alpha value is -1.55. The maximum Gasteiger partial charge on any atom is 0.306 e. The van der Waals surface area contributed by atoms with E-state index in [0.717, 1.165) is 40.8 Å². The van der Waals surface area contributed by atoms with Gasteiger partial charge >= 0.3 is 5.97 Å². The first-order valence-electron chi connectivity index (χ1n) is 11.3. The van der Waals surface area contributed by atoms with Gasteiger partial charge in [0, 0.05) is 6.42 Å². The Balaban J connectivity index is 2.58. The third-order valence-electron chi connectivity index (χ3n) is 5.78. The molecule has 1 aromatic rings. The fourth-order valence-corrected chi connectivity index (χ4v) is 3.68. The number of phenols is 1.